The molecule has 3 rings (SSSR count). The lowest BCUT2D eigenvalue weighted by molar-refractivity contribution is -0.113. The van der Waals surface area contributed by atoms with Gasteiger partial charge < -0.3 is 15.7 Å². The van der Waals surface area contributed by atoms with Gasteiger partial charge in [-0.2, -0.15) is 0 Å². The molecule has 1 aliphatic heterocycles. The number of hydrogen-bond donors (Lipinski definition) is 3. The summed E-state index contributed by atoms with van der Waals surface area (Å²) >= 11 is 5.52. The molecule has 1 atom stereocenters. The van der Waals surface area contributed by atoms with Gasteiger partial charge in [0.2, 0.25) is 0 Å². The number of aromatic hydroxyl groups is 1. The van der Waals surface area contributed by atoms with Crippen molar-refractivity contribution >= 4 is 28.8 Å². The highest BCUT2D eigenvalue weighted by molar-refractivity contribution is 7.80. The Labute approximate surface area is 190 Å². The van der Waals surface area contributed by atoms with Crippen molar-refractivity contribution in [3.8, 4) is 5.75 Å². The van der Waals surface area contributed by atoms with Gasteiger partial charge in [-0.05, 0) is 64.4 Å². The van der Waals surface area contributed by atoms with Crippen molar-refractivity contribution < 1.29 is 9.90 Å². The second kappa shape index (κ2) is 8.12. The summed E-state index contributed by atoms with van der Waals surface area (Å²) in [5.74, 6) is 0.283. The number of hydrogen-bond acceptors (Lipinski definition) is 3. The molecule has 2 aromatic rings. The Bertz CT molecular complexity index is 1020. The molecule has 0 fully saturated rings. The SMILES string of the molecule is CC(=O)C1=C(c2ccccc2)NC(=S)NC1c1cc(C(C)(C)C)c(O)c(C(C)(C)C)c1. The minimum Gasteiger partial charge on any atom is -0.507 e. The van der Waals surface area contributed by atoms with E-state index in [9.17, 15) is 9.90 Å². The van der Waals surface area contributed by atoms with Crippen LogP contribution in [0.1, 0.15) is 76.8 Å². The first-order chi connectivity index (χ1) is 14.3. The average molecular weight is 437 g/mol. The van der Waals surface area contributed by atoms with Crippen LogP contribution in [0, 0.1) is 0 Å². The number of rotatable bonds is 3. The van der Waals surface area contributed by atoms with Gasteiger partial charge in [0.25, 0.3) is 0 Å². The standard InChI is InChI=1S/C26H32N2O2S/c1-15(29)20-21(16-11-9-8-10-12-16)27-24(31)28-22(20)17-13-18(25(2,3)4)23(30)19(14-17)26(5,6)7/h8-14,22,30H,1-7H3,(H2,27,28,31). The zero-order valence-electron chi connectivity index (χ0n) is 19.4. The van der Waals surface area contributed by atoms with Crippen LogP contribution >= 0.6 is 12.2 Å². The normalized spacial score (nSPS) is 17.3. The first kappa shape index (κ1) is 23.0. The smallest absolute Gasteiger partial charge is 0.171 e. The van der Waals surface area contributed by atoms with E-state index < -0.39 is 6.04 Å². The molecule has 0 amide bonds. The van der Waals surface area contributed by atoms with Gasteiger partial charge in [0.15, 0.2) is 10.9 Å². The molecule has 1 heterocycles. The van der Waals surface area contributed by atoms with Crippen molar-refractivity contribution in [1.82, 2.24) is 10.6 Å². The largest absolute Gasteiger partial charge is 0.507 e. The van der Waals surface area contributed by atoms with Crippen molar-refractivity contribution in [2.45, 2.75) is 65.3 Å². The first-order valence-electron chi connectivity index (χ1n) is 10.6. The van der Waals surface area contributed by atoms with Crippen LogP contribution in [-0.4, -0.2) is 16.0 Å². The molecular weight excluding hydrogens is 404 g/mol. The molecule has 1 unspecified atom stereocenters. The Morgan fingerprint density at radius 1 is 0.968 bits per heavy atom. The van der Waals surface area contributed by atoms with E-state index in [0.717, 1.165) is 28.0 Å². The number of phenolic OH excluding ortho intramolecular Hbond substituents is 1. The highest BCUT2D eigenvalue weighted by atomic mass is 32.1. The Morgan fingerprint density at radius 2 is 1.48 bits per heavy atom. The van der Waals surface area contributed by atoms with Gasteiger partial charge in [-0.25, -0.2) is 0 Å². The minimum absolute atomic E-state index is 0.0333. The number of Topliss-reactive ketones (excluding diaryl/α,β-unsaturated/α-hetero) is 1. The lowest BCUT2D eigenvalue weighted by atomic mass is 9.76. The molecule has 0 aliphatic carbocycles. The third-order valence-electron chi connectivity index (χ3n) is 5.60. The average Bonchev–Trinajstić information content (AvgIpc) is 2.66. The Kier molecular flexibility index (Phi) is 6.03. The van der Waals surface area contributed by atoms with Crippen molar-refractivity contribution in [3.63, 3.8) is 0 Å². The maximum atomic E-state index is 12.9. The summed E-state index contributed by atoms with van der Waals surface area (Å²) in [5, 5.41) is 18.1. The number of carbonyl (C=O) groups is 1. The van der Waals surface area contributed by atoms with Gasteiger partial charge in [0.1, 0.15) is 5.75 Å². The molecule has 0 saturated heterocycles. The van der Waals surface area contributed by atoms with Gasteiger partial charge in [-0.15, -0.1) is 0 Å². The maximum Gasteiger partial charge on any atom is 0.171 e. The lowest BCUT2D eigenvalue weighted by Gasteiger charge is -2.34. The number of phenols is 1. The van der Waals surface area contributed by atoms with Crippen molar-refractivity contribution in [1.29, 1.82) is 0 Å². The molecule has 2 aromatic carbocycles. The summed E-state index contributed by atoms with van der Waals surface area (Å²) in [4.78, 5) is 12.9. The van der Waals surface area contributed by atoms with Crippen molar-refractivity contribution in [2.24, 2.45) is 0 Å². The molecule has 164 valence electrons. The van der Waals surface area contributed by atoms with Crippen LogP contribution in [0.4, 0.5) is 0 Å². The van der Waals surface area contributed by atoms with Crippen LogP contribution in [0.25, 0.3) is 5.70 Å². The number of ketones is 1. The molecule has 0 radical (unpaired) electrons. The molecule has 1 aliphatic rings. The molecule has 0 bridgehead atoms. The molecule has 5 heteroatoms. The quantitative estimate of drug-likeness (QED) is 0.554. The highest BCUT2D eigenvalue weighted by Gasteiger charge is 2.33. The molecular formula is C26H32N2O2S. The topological polar surface area (TPSA) is 61.4 Å². The van der Waals surface area contributed by atoms with Crippen LogP contribution in [-0.2, 0) is 15.6 Å². The monoisotopic (exact) mass is 436 g/mol. The van der Waals surface area contributed by atoms with Crippen molar-refractivity contribution in [2.75, 3.05) is 0 Å². The van der Waals surface area contributed by atoms with Gasteiger partial charge >= 0.3 is 0 Å². The van der Waals surface area contributed by atoms with E-state index in [-0.39, 0.29) is 16.6 Å². The summed E-state index contributed by atoms with van der Waals surface area (Å²) in [5.41, 5.74) is 4.35. The fraction of sp³-hybridized carbons (Fsp3) is 0.385. The predicted octanol–water partition coefficient (Wildman–Crippen LogP) is 5.51. The van der Waals surface area contributed by atoms with Crippen LogP contribution in [0.3, 0.4) is 0 Å². The van der Waals surface area contributed by atoms with Crippen LogP contribution in [0.5, 0.6) is 5.75 Å². The van der Waals surface area contributed by atoms with Gasteiger partial charge in [0.05, 0.1) is 11.7 Å². The summed E-state index contributed by atoms with van der Waals surface area (Å²) in [6.07, 6.45) is 0. The molecule has 0 spiro atoms. The number of thiocarbonyl (C=S) groups is 1. The maximum absolute atomic E-state index is 12.9. The van der Waals surface area contributed by atoms with Gasteiger partial charge in [-0.3, -0.25) is 4.79 Å². The molecule has 3 N–H and O–H groups in total. The lowest BCUT2D eigenvalue weighted by Crippen LogP contribution is -2.44. The summed E-state index contributed by atoms with van der Waals surface area (Å²) in [7, 11) is 0. The summed E-state index contributed by atoms with van der Waals surface area (Å²) in [6.45, 7) is 14.1. The summed E-state index contributed by atoms with van der Waals surface area (Å²) in [6, 6.07) is 13.4. The Hall–Kier alpha value is -2.66. The summed E-state index contributed by atoms with van der Waals surface area (Å²) < 4.78 is 0. The third kappa shape index (κ3) is 4.67. The number of nitrogens with one attached hydrogen (secondary N) is 2. The molecule has 4 nitrogen and oxygen atoms in total. The number of benzene rings is 2. The zero-order valence-corrected chi connectivity index (χ0v) is 20.2. The van der Waals surface area contributed by atoms with E-state index >= 15 is 0 Å². The van der Waals surface area contributed by atoms with E-state index in [1.165, 1.54) is 0 Å². The van der Waals surface area contributed by atoms with Gasteiger partial charge in [0, 0.05) is 5.57 Å². The third-order valence-corrected chi connectivity index (χ3v) is 5.82. The minimum atomic E-state index is -0.413. The molecule has 31 heavy (non-hydrogen) atoms. The van der Waals surface area contributed by atoms with E-state index in [1.807, 2.05) is 42.5 Å². The van der Waals surface area contributed by atoms with Crippen molar-refractivity contribution in [3.05, 3.63) is 70.3 Å². The number of carbonyl (C=O) groups excluding carboxylic acids is 1. The second-order valence-electron chi connectivity index (χ2n) is 10.2. The molecule has 0 saturated carbocycles. The fourth-order valence-corrected chi connectivity index (χ4v) is 4.21. The van der Waals surface area contributed by atoms with Crippen LogP contribution < -0.4 is 10.6 Å². The first-order valence-corrected chi connectivity index (χ1v) is 11.0. The fourth-order valence-electron chi connectivity index (χ4n) is 3.99. The van der Waals surface area contributed by atoms with Crippen LogP contribution in [0.2, 0.25) is 0 Å². The van der Waals surface area contributed by atoms with Crippen LogP contribution in [0.15, 0.2) is 48.0 Å². The Balaban J connectivity index is 2.32. The Morgan fingerprint density at radius 3 is 1.94 bits per heavy atom. The van der Waals surface area contributed by atoms with E-state index in [0.29, 0.717) is 16.4 Å². The second-order valence-corrected chi connectivity index (χ2v) is 10.6. The zero-order chi connectivity index (χ0) is 23.1. The van der Waals surface area contributed by atoms with E-state index in [4.69, 9.17) is 12.2 Å². The highest BCUT2D eigenvalue weighted by Crippen LogP contribution is 2.42. The predicted molar refractivity (Wildman–Crippen MR) is 131 cm³/mol. The molecule has 0 aromatic heterocycles. The van der Waals surface area contributed by atoms with Gasteiger partial charge in [-0.1, -0.05) is 71.9 Å². The van der Waals surface area contributed by atoms with E-state index in [2.05, 4.69) is 52.2 Å². The van der Waals surface area contributed by atoms with E-state index in [1.54, 1.807) is 6.92 Å².